The van der Waals surface area contributed by atoms with Crippen molar-refractivity contribution in [2.45, 2.75) is 358 Å². The summed E-state index contributed by atoms with van der Waals surface area (Å²) in [4.78, 5) is 13.2. The van der Waals surface area contributed by atoms with E-state index < -0.39 is 74.2 Å². The van der Waals surface area contributed by atoms with Gasteiger partial charge in [-0.1, -0.05) is 282 Å². The van der Waals surface area contributed by atoms with Gasteiger partial charge in [-0.25, -0.2) is 0 Å². The first-order valence-corrected chi connectivity index (χ1v) is 31.7. The highest BCUT2D eigenvalue weighted by atomic mass is 16.7. The first kappa shape index (κ1) is 70.6. The first-order chi connectivity index (χ1) is 36.2. The van der Waals surface area contributed by atoms with Crippen molar-refractivity contribution in [3.63, 3.8) is 0 Å². The van der Waals surface area contributed by atoms with Crippen LogP contribution in [0, 0.1) is 0 Å². The molecule has 9 unspecified atom stereocenters. The fourth-order valence-corrected chi connectivity index (χ4v) is 10.4. The molecule has 0 saturated carbocycles. The second kappa shape index (κ2) is 52.3. The standard InChI is InChI=1S/C63H121NO10/c1-3-5-7-9-11-13-15-17-19-21-23-24-25-26-27-28-29-30-31-33-35-37-39-41-43-45-47-49-51-56(67)62(72)64-54(53-73-63-61(71)60(70)59(69)57(52-65)74-63)58(68)55(66)50-48-46-44-42-40-38-36-34-32-22-20-18-16-14-12-10-8-6-4-2/h23-24,26-27,54-61,63,65-71H,3-22,25,28-53H2,1-2H3,(H,64,72)/b24-23-,27-26-. The number of unbranched alkanes of at least 4 members (excludes halogenated alkanes) is 39. The Balaban J connectivity index is 2.25. The van der Waals surface area contributed by atoms with Crippen molar-refractivity contribution in [2.75, 3.05) is 13.2 Å². The number of allylic oxidation sites excluding steroid dienone is 4. The molecule has 1 heterocycles. The number of hydrogen-bond donors (Lipinski definition) is 8. The number of hydrogen-bond acceptors (Lipinski definition) is 10. The third-order valence-electron chi connectivity index (χ3n) is 15.5. The molecular weight excluding hydrogens is 931 g/mol. The minimum atomic E-state index is -1.66. The van der Waals surface area contributed by atoms with Crippen LogP contribution in [0.25, 0.3) is 0 Å². The van der Waals surface area contributed by atoms with E-state index >= 15 is 0 Å². The van der Waals surface area contributed by atoms with Gasteiger partial charge >= 0.3 is 0 Å². The van der Waals surface area contributed by atoms with E-state index in [1.165, 1.54) is 218 Å². The number of rotatable bonds is 55. The third kappa shape index (κ3) is 39.9. The largest absolute Gasteiger partial charge is 0.394 e. The highest BCUT2D eigenvalue weighted by Crippen LogP contribution is 2.24. The van der Waals surface area contributed by atoms with E-state index in [9.17, 15) is 40.5 Å². The Kier molecular flexibility index (Phi) is 49.9. The van der Waals surface area contributed by atoms with Gasteiger partial charge in [0, 0.05) is 0 Å². The summed E-state index contributed by atoms with van der Waals surface area (Å²) in [6.07, 6.45) is 52.3. The van der Waals surface area contributed by atoms with Crippen molar-refractivity contribution in [2.24, 2.45) is 0 Å². The molecule has 1 saturated heterocycles. The van der Waals surface area contributed by atoms with Crippen molar-refractivity contribution in [3.05, 3.63) is 24.3 Å². The minimum absolute atomic E-state index is 0.260. The van der Waals surface area contributed by atoms with Crippen LogP contribution in [0.1, 0.15) is 303 Å². The van der Waals surface area contributed by atoms with Crippen LogP contribution in [-0.4, -0.2) is 110 Å². The van der Waals surface area contributed by atoms with Gasteiger partial charge in [-0.15, -0.1) is 0 Å². The lowest BCUT2D eigenvalue weighted by atomic mass is 9.98. The van der Waals surface area contributed by atoms with Crippen molar-refractivity contribution in [1.29, 1.82) is 0 Å². The fourth-order valence-electron chi connectivity index (χ4n) is 10.4. The number of carbonyl (C=O) groups is 1. The van der Waals surface area contributed by atoms with E-state index in [-0.39, 0.29) is 6.42 Å². The number of aliphatic hydroxyl groups excluding tert-OH is 7. The van der Waals surface area contributed by atoms with Crippen LogP contribution in [0.5, 0.6) is 0 Å². The molecule has 1 aliphatic heterocycles. The molecule has 0 aliphatic carbocycles. The molecule has 1 aliphatic rings. The molecule has 0 radical (unpaired) electrons. The zero-order chi connectivity index (χ0) is 54.0. The summed E-state index contributed by atoms with van der Waals surface area (Å²) in [7, 11) is 0. The number of carbonyl (C=O) groups excluding carboxylic acids is 1. The van der Waals surface area contributed by atoms with Gasteiger partial charge < -0.3 is 50.5 Å². The van der Waals surface area contributed by atoms with Gasteiger partial charge in [-0.05, 0) is 44.9 Å². The van der Waals surface area contributed by atoms with Crippen molar-refractivity contribution in [3.8, 4) is 0 Å². The summed E-state index contributed by atoms with van der Waals surface area (Å²) in [6, 6.07) is -1.17. The summed E-state index contributed by atoms with van der Waals surface area (Å²) < 4.78 is 11.2. The maximum absolute atomic E-state index is 13.2. The number of amides is 1. The molecule has 0 aromatic rings. The van der Waals surface area contributed by atoms with E-state index in [4.69, 9.17) is 9.47 Å². The summed E-state index contributed by atoms with van der Waals surface area (Å²) >= 11 is 0. The van der Waals surface area contributed by atoms with Crippen LogP contribution in [-0.2, 0) is 14.3 Å². The quantitative estimate of drug-likeness (QED) is 0.0215. The van der Waals surface area contributed by atoms with E-state index in [1.807, 2.05) is 0 Å². The highest BCUT2D eigenvalue weighted by molar-refractivity contribution is 5.80. The summed E-state index contributed by atoms with van der Waals surface area (Å²) in [5.41, 5.74) is 0. The molecule has 0 aromatic carbocycles. The molecule has 1 amide bonds. The molecule has 8 N–H and O–H groups in total. The van der Waals surface area contributed by atoms with Gasteiger partial charge in [-0.2, -0.15) is 0 Å². The zero-order valence-corrected chi connectivity index (χ0v) is 48.1. The average Bonchev–Trinajstić information content (AvgIpc) is 3.40. The second-order valence-electron chi connectivity index (χ2n) is 22.5. The molecule has 438 valence electrons. The lowest BCUT2D eigenvalue weighted by molar-refractivity contribution is -0.303. The molecule has 0 bridgehead atoms. The van der Waals surface area contributed by atoms with E-state index in [1.54, 1.807) is 0 Å². The van der Waals surface area contributed by atoms with E-state index in [0.717, 1.165) is 44.9 Å². The molecule has 74 heavy (non-hydrogen) atoms. The molecule has 1 rings (SSSR count). The molecule has 0 spiro atoms. The Morgan fingerprint density at radius 2 is 0.824 bits per heavy atom. The smallest absolute Gasteiger partial charge is 0.249 e. The number of nitrogens with one attached hydrogen (secondary N) is 1. The maximum Gasteiger partial charge on any atom is 0.249 e. The highest BCUT2D eigenvalue weighted by Gasteiger charge is 2.44. The maximum atomic E-state index is 13.2. The van der Waals surface area contributed by atoms with Crippen LogP contribution in [0.2, 0.25) is 0 Å². The van der Waals surface area contributed by atoms with Crippen molar-refractivity contribution in [1.82, 2.24) is 5.32 Å². The van der Waals surface area contributed by atoms with Gasteiger partial charge in [0.25, 0.3) is 0 Å². The van der Waals surface area contributed by atoms with Crippen LogP contribution in [0.4, 0.5) is 0 Å². The monoisotopic (exact) mass is 1050 g/mol. The Hall–Kier alpha value is -1.41. The zero-order valence-electron chi connectivity index (χ0n) is 48.1. The topological polar surface area (TPSA) is 189 Å². The molecule has 9 atom stereocenters. The Morgan fingerprint density at radius 3 is 1.20 bits per heavy atom. The van der Waals surface area contributed by atoms with Gasteiger partial charge in [0.2, 0.25) is 5.91 Å². The summed E-state index contributed by atoms with van der Waals surface area (Å²) in [5.74, 6) is -0.693. The van der Waals surface area contributed by atoms with Crippen LogP contribution >= 0.6 is 0 Å². The second-order valence-corrected chi connectivity index (χ2v) is 22.5. The predicted octanol–water partition coefficient (Wildman–Crippen LogP) is 14.1. The Bertz CT molecular complexity index is 1250. The first-order valence-electron chi connectivity index (χ1n) is 31.7. The van der Waals surface area contributed by atoms with Crippen molar-refractivity contribution >= 4 is 5.91 Å². The molecular formula is C63H121NO10. The predicted molar refractivity (Wildman–Crippen MR) is 307 cm³/mol. The number of aliphatic hydroxyl groups is 7. The lowest BCUT2D eigenvalue weighted by Gasteiger charge is -2.40. The fraction of sp³-hybridized carbons (Fsp3) is 0.921. The van der Waals surface area contributed by atoms with E-state index in [2.05, 4.69) is 43.5 Å². The average molecular weight is 1050 g/mol. The van der Waals surface area contributed by atoms with Gasteiger partial charge in [0.15, 0.2) is 6.29 Å². The Morgan fingerprint density at radius 1 is 0.473 bits per heavy atom. The van der Waals surface area contributed by atoms with Gasteiger partial charge in [0.05, 0.1) is 25.4 Å². The van der Waals surface area contributed by atoms with Gasteiger partial charge in [0.1, 0.15) is 36.6 Å². The number of ether oxygens (including phenoxy) is 2. The van der Waals surface area contributed by atoms with Crippen molar-refractivity contribution < 1.29 is 50.0 Å². The minimum Gasteiger partial charge on any atom is -0.394 e. The third-order valence-corrected chi connectivity index (χ3v) is 15.5. The lowest BCUT2D eigenvalue weighted by Crippen LogP contribution is -2.60. The van der Waals surface area contributed by atoms with Gasteiger partial charge in [-0.3, -0.25) is 4.79 Å². The van der Waals surface area contributed by atoms with Crippen LogP contribution in [0.15, 0.2) is 24.3 Å². The SMILES string of the molecule is CCCCCCCCCCC/C=C\C/C=C\CCCCCCCCCCCCCCC(O)C(=O)NC(COC1OC(CO)C(O)C(O)C1O)C(O)C(O)CCCCCCCCCCCCCCCCCCCCC. The molecule has 1 fully saturated rings. The van der Waals surface area contributed by atoms with Crippen LogP contribution in [0.3, 0.4) is 0 Å². The van der Waals surface area contributed by atoms with E-state index in [0.29, 0.717) is 19.3 Å². The molecule has 11 nitrogen and oxygen atoms in total. The summed E-state index contributed by atoms with van der Waals surface area (Å²) in [5, 5.41) is 76.3. The normalized spacial score (nSPS) is 19.9. The molecule has 0 aromatic heterocycles. The Labute approximate surface area is 454 Å². The molecule has 11 heteroatoms. The summed E-state index contributed by atoms with van der Waals surface area (Å²) in [6.45, 7) is 3.50. The van der Waals surface area contributed by atoms with Crippen LogP contribution < -0.4 is 5.32 Å².